The fourth-order valence-electron chi connectivity index (χ4n) is 1.47. The molecule has 0 aliphatic rings. The second-order valence-electron chi connectivity index (χ2n) is 4.65. The molecule has 0 rings (SSSR count). The number of ether oxygens (including phenoxy) is 1. The summed E-state index contributed by atoms with van der Waals surface area (Å²) in [5.41, 5.74) is 0. The lowest BCUT2D eigenvalue weighted by atomic mass is 10.2. The smallest absolute Gasteiger partial charge is 0.304 e. The number of nitrogens with one attached hydrogen (secondary N) is 1. The number of unbranched alkanes of at least 4 members (excludes halogenated alkanes) is 3. The zero-order valence-electron chi connectivity index (χ0n) is 12.9. The summed E-state index contributed by atoms with van der Waals surface area (Å²) >= 11 is 0. The fraction of sp³-hybridized carbons (Fsp3) is 0.857. The topological polar surface area (TPSA) is 75.6 Å². The van der Waals surface area contributed by atoms with Crippen molar-refractivity contribution < 1.29 is 19.4 Å². The van der Waals surface area contributed by atoms with Gasteiger partial charge in [0.05, 0.1) is 6.42 Å². The Morgan fingerprint density at radius 3 is 2.57 bits per heavy atom. The van der Waals surface area contributed by atoms with Gasteiger partial charge in [0.15, 0.2) is 0 Å². The minimum atomic E-state index is -0.777. The highest BCUT2D eigenvalue weighted by molar-refractivity contribution is 8.76. The van der Waals surface area contributed by atoms with E-state index in [1.54, 1.807) is 17.7 Å². The van der Waals surface area contributed by atoms with E-state index < -0.39 is 12.1 Å². The number of amides is 1. The van der Waals surface area contributed by atoms with Gasteiger partial charge < -0.3 is 15.2 Å². The van der Waals surface area contributed by atoms with Gasteiger partial charge in [0.1, 0.15) is 6.10 Å². The molecule has 0 heterocycles. The Morgan fingerprint density at radius 2 is 1.90 bits per heavy atom. The Balaban J connectivity index is 3.41. The van der Waals surface area contributed by atoms with Crippen LogP contribution in [-0.4, -0.2) is 47.7 Å². The lowest BCUT2D eigenvalue weighted by Gasteiger charge is -2.13. The van der Waals surface area contributed by atoms with Gasteiger partial charge in [-0.3, -0.25) is 9.59 Å². The summed E-state index contributed by atoms with van der Waals surface area (Å²) in [5.74, 6) is 0.493. The van der Waals surface area contributed by atoms with E-state index in [1.165, 1.54) is 23.6 Å². The first-order valence-electron chi connectivity index (χ1n) is 7.43. The van der Waals surface area contributed by atoms with Crippen LogP contribution < -0.4 is 5.32 Å². The maximum absolute atomic E-state index is 11.7. The van der Waals surface area contributed by atoms with E-state index in [1.807, 2.05) is 0 Å². The number of carbonyl (C=O) groups excluding carboxylic acids is 1. The van der Waals surface area contributed by atoms with Crippen LogP contribution in [0.4, 0.5) is 0 Å². The molecule has 0 saturated carbocycles. The quantitative estimate of drug-likeness (QED) is 0.375. The first-order chi connectivity index (χ1) is 10.1. The molecule has 7 heteroatoms. The minimum Gasteiger partial charge on any atom is -0.481 e. The molecule has 1 unspecified atom stereocenters. The molecule has 0 aromatic carbocycles. The van der Waals surface area contributed by atoms with Crippen molar-refractivity contribution >= 4 is 33.5 Å². The van der Waals surface area contributed by atoms with Crippen LogP contribution in [0, 0.1) is 0 Å². The molecule has 0 aliphatic carbocycles. The van der Waals surface area contributed by atoms with Crippen molar-refractivity contribution in [1.82, 2.24) is 5.32 Å². The normalized spacial score (nSPS) is 12.1. The molecular formula is C14H27NO4S2. The second-order valence-corrected chi connectivity index (χ2v) is 7.35. The number of aliphatic carboxylic acids is 1. The van der Waals surface area contributed by atoms with Crippen LogP contribution in [0.15, 0.2) is 0 Å². The summed E-state index contributed by atoms with van der Waals surface area (Å²) in [4.78, 5) is 22.0. The van der Waals surface area contributed by atoms with Crippen LogP contribution in [0.25, 0.3) is 0 Å². The third kappa shape index (κ3) is 14.3. The van der Waals surface area contributed by atoms with E-state index >= 15 is 0 Å². The summed E-state index contributed by atoms with van der Waals surface area (Å²) < 4.78 is 5.48. The first kappa shape index (κ1) is 20.6. The molecule has 0 bridgehead atoms. The van der Waals surface area contributed by atoms with Crippen molar-refractivity contribution in [3.05, 3.63) is 0 Å². The maximum Gasteiger partial charge on any atom is 0.304 e. The summed E-state index contributed by atoms with van der Waals surface area (Å²) in [6.07, 6.45) is 4.32. The van der Waals surface area contributed by atoms with Gasteiger partial charge >= 0.3 is 5.97 Å². The molecule has 21 heavy (non-hydrogen) atoms. The van der Waals surface area contributed by atoms with Crippen molar-refractivity contribution in [3.63, 3.8) is 0 Å². The van der Waals surface area contributed by atoms with Crippen molar-refractivity contribution in [1.29, 1.82) is 0 Å². The van der Waals surface area contributed by atoms with Crippen LogP contribution in [0.5, 0.6) is 0 Å². The zero-order chi connectivity index (χ0) is 15.9. The highest BCUT2D eigenvalue weighted by Crippen LogP contribution is 2.20. The van der Waals surface area contributed by atoms with Gasteiger partial charge in [0.25, 0.3) is 0 Å². The third-order valence-electron chi connectivity index (χ3n) is 2.70. The predicted octanol–water partition coefficient (Wildman–Crippen LogP) is 2.94. The van der Waals surface area contributed by atoms with Gasteiger partial charge in [-0.25, -0.2) is 0 Å². The molecule has 0 saturated heterocycles. The average Bonchev–Trinajstić information content (AvgIpc) is 2.45. The maximum atomic E-state index is 11.7. The lowest BCUT2D eigenvalue weighted by Crippen LogP contribution is -2.35. The van der Waals surface area contributed by atoms with Crippen molar-refractivity contribution in [2.75, 3.05) is 24.7 Å². The van der Waals surface area contributed by atoms with Crippen LogP contribution in [0.3, 0.4) is 0 Å². The predicted molar refractivity (Wildman–Crippen MR) is 89.7 cm³/mol. The average molecular weight is 338 g/mol. The highest BCUT2D eigenvalue weighted by atomic mass is 33.1. The third-order valence-corrected chi connectivity index (χ3v) is 5.11. The Kier molecular flexibility index (Phi) is 14.3. The summed E-state index contributed by atoms with van der Waals surface area (Å²) in [6, 6.07) is 0. The first-order valence-corrected chi connectivity index (χ1v) is 9.92. The summed E-state index contributed by atoms with van der Waals surface area (Å²) in [7, 11) is 3.09. The SMILES string of the molecule is CCCCCCOC(C)C(=O)NCCSSCCC(=O)O. The number of carboxylic acid groups (broad SMARTS) is 1. The Hall–Kier alpha value is -0.400. The van der Waals surface area contributed by atoms with Crippen LogP contribution in [0.1, 0.15) is 46.0 Å². The second kappa shape index (κ2) is 14.5. The molecule has 1 atom stereocenters. The Morgan fingerprint density at radius 1 is 1.19 bits per heavy atom. The zero-order valence-corrected chi connectivity index (χ0v) is 14.6. The molecule has 0 radical (unpaired) electrons. The molecule has 0 spiro atoms. The van der Waals surface area contributed by atoms with E-state index in [4.69, 9.17) is 9.84 Å². The molecule has 0 aromatic rings. The number of hydrogen-bond acceptors (Lipinski definition) is 5. The molecule has 124 valence electrons. The number of rotatable bonds is 14. The number of hydrogen-bond donors (Lipinski definition) is 2. The molecular weight excluding hydrogens is 310 g/mol. The van der Waals surface area contributed by atoms with Crippen LogP contribution in [0.2, 0.25) is 0 Å². The largest absolute Gasteiger partial charge is 0.481 e. The standard InChI is InChI=1S/C14H27NO4S2/c1-3-4-5-6-9-19-12(2)14(18)15-8-11-21-20-10-7-13(16)17/h12H,3-11H2,1-2H3,(H,15,18)(H,16,17). The summed E-state index contributed by atoms with van der Waals surface area (Å²) in [5, 5.41) is 11.3. The van der Waals surface area contributed by atoms with Gasteiger partial charge in [-0.2, -0.15) is 0 Å². The van der Waals surface area contributed by atoms with Gasteiger partial charge in [-0.15, -0.1) is 0 Å². The monoisotopic (exact) mass is 337 g/mol. The molecule has 0 fully saturated rings. The molecule has 0 aliphatic heterocycles. The van der Waals surface area contributed by atoms with Crippen LogP contribution in [-0.2, 0) is 14.3 Å². The minimum absolute atomic E-state index is 0.0818. The van der Waals surface area contributed by atoms with Crippen molar-refractivity contribution in [3.8, 4) is 0 Å². The van der Waals surface area contributed by atoms with E-state index in [0.717, 1.165) is 18.6 Å². The highest BCUT2D eigenvalue weighted by Gasteiger charge is 2.11. The molecule has 2 N–H and O–H groups in total. The fourth-order valence-corrected chi connectivity index (χ4v) is 3.36. The number of carbonyl (C=O) groups is 2. The lowest BCUT2D eigenvalue weighted by molar-refractivity contribution is -0.136. The molecule has 1 amide bonds. The molecule has 5 nitrogen and oxygen atoms in total. The van der Waals surface area contributed by atoms with E-state index in [2.05, 4.69) is 12.2 Å². The van der Waals surface area contributed by atoms with E-state index in [-0.39, 0.29) is 12.3 Å². The van der Waals surface area contributed by atoms with E-state index in [0.29, 0.717) is 18.9 Å². The Bertz CT molecular complexity index is 290. The van der Waals surface area contributed by atoms with Crippen molar-refractivity contribution in [2.24, 2.45) is 0 Å². The van der Waals surface area contributed by atoms with Crippen molar-refractivity contribution in [2.45, 2.75) is 52.1 Å². The summed E-state index contributed by atoms with van der Waals surface area (Å²) in [6.45, 7) is 5.14. The Labute approximate surface area is 135 Å². The van der Waals surface area contributed by atoms with Gasteiger partial charge in [-0.05, 0) is 13.3 Å². The number of carboxylic acids is 1. The van der Waals surface area contributed by atoms with Gasteiger partial charge in [0, 0.05) is 24.7 Å². The van der Waals surface area contributed by atoms with Crippen LogP contribution >= 0.6 is 21.6 Å². The van der Waals surface area contributed by atoms with Gasteiger partial charge in [0.2, 0.25) is 5.91 Å². The van der Waals surface area contributed by atoms with E-state index in [9.17, 15) is 9.59 Å². The van der Waals surface area contributed by atoms with Gasteiger partial charge in [-0.1, -0.05) is 47.8 Å². The molecule has 0 aromatic heterocycles.